The first kappa shape index (κ1) is 9.52. The Morgan fingerprint density at radius 2 is 2.08 bits per heavy atom. The van der Waals surface area contributed by atoms with Crippen LogP contribution in [0.3, 0.4) is 0 Å². The molecule has 3 heteroatoms. The van der Waals surface area contributed by atoms with E-state index in [0.29, 0.717) is 6.54 Å². The highest BCUT2D eigenvalue weighted by atomic mass is 16.2. The fourth-order valence-electron chi connectivity index (χ4n) is 0.924. The highest BCUT2D eigenvalue weighted by Crippen LogP contribution is 2.45. The molecule has 1 rings (SSSR count). The molecule has 12 heavy (non-hydrogen) atoms. The van der Waals surface area contributed by atoms with Gasteiger partial charge in [0.25, 0.3) is 0 Å². The fourth-order valence-corrected chi connectivity index (χ4v) is 0.924. The van der Waals surface area contributed by atoms with Crippen LogP contribution in [0.5, 0.6) is 0 Å². The van der Waals surface area contributed by atoms with Gasteiger partial charge in [0.05, 0.1) is 0 Å². The quantitative estimate of drug-likeness (QED) is 0.653. The van der Waals surface area contributed by atoms with Crippen LogP contribution in [0.15, 0.2) is 0 Å². The third kappa shape index (κ3) is 1.97. The van der Waals surface area contributed by atoms with Gasteiger partial charge in [0, 0.05) is 17.5 Å². The van der Waals surface area contributed by atoms with Crippen molar-refractivity contribution >= 4 is 5.91 Å². The molecular weight excluding hydrogens is 152 g/mol. The first-order chi connectivity index (χ1) is 5.40. The number of carbonyl (C=O) groups excluding carboxylic acids is 1. The number of amides is 1. The van der Waals surface area contributed by atoms with Gasteiger partial charge < -0.3 is 11.1 Å². The third-order valence-electron chi connectivity index (χ3n) is 2.51. The topological polar surface area (TPSA) is 55.1 Å². The average molecular weight is 170 g/mol. The second kappa shape index (κ2) is 2.73. The number of nitrogens with one attached hydrogen (secondary N) is 1. The van der Waals surface area contributed by atoms with Crippen molar-refractivity contribution in [2.45, 2.75) is 39.2 Å². The molecule has 0 atom stereocenters. The predicted molar refractivity (Wildman–Crippen MR) is 48.6 cm³/mol. The van der Waals surface area contributed by atoms with E-state index in [1.165, 1.54) is 0 Å². The number of nitrogens with two attached hydrogens (primary N) is 1. The van der Waals surface area contributed by atoms with Gasteiger partial charge >= 0.3 is 0 Å². The van der Waals surface area contributed by atoms with Crippen LogP contribution in [0.1, 0.15) is 33.6 Å². The van der Waals surface area contributed by atoms with Crippen LogP contribution in [0.4, 0.5) is 0 Å². The van der Waals surface area contributed by atoms with Gasteiger partial charge in [-0.3, -0.25) is 4.79 Å². The van der Waals surface area contributed by atoms with Gasteiger partial charge in [0.1, 0.15) is 0 Å². The molecule has 3 N–H and O–H groups in total. The van der Waals surface area contributed by atoms with E-state index in [2.05, 4.69) is 5.32 Å². The molecule has 0 aromatic rings. The Kier molecular flexibility index (Phi) is 2.17. The van der Waals surface area contributed by atoms with Crippen molar-refractivity contribution in [1.82, 2.24) is 5.32 Å². The van der Waals surface area contributed by atoms with E-state index in [4.69, 9.17) is 5.73 Å². The smallest absolute Gasteiger partial charge is 0.226 e. The molecule has 1 aliphatic carbocycles. The van der Waals surface area contributed by atoms with E-state index >= 15 is 0 Å². The minimum atomic E-state index is -0.261. The molecule has 0 bridgehead atoms. The Bertz CT molecular complexity index is 195. The van der Waals surface area contributed by atoms with E-state index in [-0.39, 0.29) is 16.9 Å². The summed E-state index contributed by atoms with van der Waals surface area (Å²) < 4.78 is 0. The summed E-state index contributed by atoms with van der Waals surface area (Å²) in [5, 5.41) is 2.94. The number of rotatable bonds is 3. The van der Waals surface area contributed by atoms with E-state index in [0.717, 1.165) is 12.8 Å². The van der Waals surface area contributed by atoms with Crippen LogP contribution in [0.25, 0.3) is 0 Å². The van der Waals surface area contributed by atoms with E-state index in [9.17, 15) is 4.79 Å². The van der Waals surface area contributed by atoms with Crippen LogP contribution in [0, 0.1) is 5.41 Å². The number of hydrogen-bond acceptors (Lipinski definition) is 2. The van der Waals surface area contributed by atoms with Crippen LogP contribution in [0.2, 0.25) is 0 Å². The molecule has 0 aromatic heterocycles. The molecule has 0 unspecified atom stereocenters. The Labute approximate surface area is 73.7 Å². The molecule has 0 spiro atoms. The van der Waals surface area contributed by atoms with Crippen molar-refractivity contribution in [3.63, 3.8) is 0 Å². The Hall–Kier alpha value is -0.570. The van der Waals surface area contributed by atoms with Gasteiger partial charge in [-0.05, 0) is 26.7 Å². The van der Waals surface area contributed by atoms with Crippen molar-refractivity contribution in [1.29, 1.82) is 0 Å². The van der Waals surface area contributed by atoms with Crippen molar-refractivity contribution < 1.29 is 4.79 Å². The summed E-state index contributed by atoms with van der Waals surface area (Å²) in [6.45, 7) is 6.36. The molecule has 1 aliphatic rings. The van der Waals surface area contributed by atoms with Gasteiger partial charge in [0.2, 0.25) is 5.91 Å². The molecular formula is C9H18N2O. The zero-order valence-corrected chi connectivity index (χ0v) is 8.11. The molecule has 1 fully saturated rings. The van der Waals surface area contributed by atoms with Crippen LogP contribution in [-0.2, 0) is 4.79 Å². The highest BCUT2D eigenvalue weighted by molar-refractivity contribution is 5.85. The molecule has 0 radical (unpaired) electrons. The molecule has 0 saturated heterocycles. The lowest BCUT2D eigenvalue weighted by molar-refractivity contribution is -0.127. The van der Waals surface area contributed by atoms with Crippen molar-refractivity contribution in [3.05, 3.63) is 0 Å². The summed E-state index contributed by atoms with van der Waals surface area (Å²) in [5.74, 6) is 0.151. The Morgan fingerprint density at radius 3 is 2.42 bits per heavy atom. The summed E-state index contributed by atoms with van der Waals surface area (Å²) in [7, 11) is 0. The van der Waals surface area contributed by atoms with Crippen molar-refractivity contribution in [3.8, 4) is 0 Å². The van der Waals surface area contributed by atoms with Gasteiger partial charge in [-0.2, -0.15) is 0 Å². The first-order valence-electron chi connectivity index (χ1n) is 4.42. The lowest BCUT2D eigenvalue weighted by Gasteiger charge is -2.26. The molecule has 0 aromatic carbocycles. The maximum atomic E-state index is 11.5. The minimum absolute atomic E-state index is 0.0908. The zero-order chi connectivity index (χ0) is 9.41. The van der Waals surface area contributed by atoms with Crippen molar-refractivity contribution in [2.75, 3.05) is 6.54 Å². The molecule has 1 saturated carbocycles. The lowest BCUT2D eigenvalue weighted by atomic mass is 10.0. The third-order valence-corrected chi connectivity index (χ3v) is 2.51. The Balaban J connectivity index is 2.46. The molecule has 0 aliphatic heterocycles. The second-order valence-corrected chi connectivity index (χ2v) is 4.60. The first-order valence-corrected chi connectivity index (χ1v) is 4.42. The summed E-state index contributed by atoms with van der Waals surface area (Å²) >= 11 is 0. The van der Waals surface area contributed by atoms with Gasteiger partial charge in [-0.15, -0.1) is 0 Å². The molecule has 1 amide bonds. The molecule has 0 heterocycles. The van der Waals surface area contributed by atoms with Gasteiger partial charge in [0.15, 0.2) is 0 Å². The van der Waals surface area contributed by atoms with Gasteiger partial charge in [-0.1, -0.05) is 6.92 Å². The van der Waals surface area contributed by atoms with Crippen LogP contribution in [-0.4, -0.2) is 18.0 Å². The minimum Gasteiger partial charge on any atom is -0.349 e. The monoisotopic (exact) mass is 170 g/mol. The van der Waals surface area contributed by atoms with Crippen LogP contribution < -0.4 is 11.1 Å². The Morgan fingerprint density at radius 1 is 1.58 bits per heavy atom. The second-order valence-electron chi connectivity index (χ2n) is 4.60. The average Bonchev–Trinajstić information content (AvgIpc) is 2.69. The molecule has 70 valence electrons. The highest BCUT2D eigenvalue weighted by Gasteiger charge is 2.45. The number of carbonyl (C=O) groups is 1. The van der Waals surface area contributed by atoms with Crippen LogP contribution >= 0.6 is 0 Å². The van der Waals surface area contributed by atoms with E-state index in [1.54, 1.807) is 0 Å². The largest absolute Gasteiger partial charge is 0.349 e. The van der Waals surface area contributed by atoms with Gasteiger partial charge in [-0.25, -0.2) is 0 Å². The summed E-state index contributed by atoms with van der Waals surface area (Å²) in [6, 6.07) is 0. The summed E-state index contributed by atoms with van der Waals surface area (Å²) in [4.78, 5) is 11.5. The summed E-state index contributed by atoms with van der Waals surface area (Å²) in [5.41, 5.74) is 5.15. The standard InChI is InChI=1S/C9H18N2O/c1-8(2,6-10)11-7(12)9(3)4-5-9/h4-6,10H2,1-3H3,(H,11,12). The normalized spacial score (nSPS) is 20.3. The SMILES string of the molecule is CC(C)(CN)NC(=O)C1(C)CC1. The summed E-state index contributed by atoms with van der Waals surface area (Å²) in [6.07, 6.45) is 2.03. The lowest BCUT2D eigenvalue weighted by Crippen LogP contribution is -2.50. The fraction of sp³-hybridized carbons (Fsp3) is 0.889. The van der Waals surface area contributed by atoms with Crippen molar-refractivity contribution in [2.24, 2.45) is 11.1 Å². The predicted octanol–water partition coefficient (Wildman–Crippen LogP) is 0.640. The zero-order valence-electron chi connectivity index (χ0n) is 8.11. The maximum Gasteiger partial charge on any atom is 0.226 e. The van der Waals surface area contributed by atoms with E-state index < -0.39 is 0 Å². The molecule has 3 nitrogen and oxygen atoms in total. The maximum absolute atomic E-state index is 11.5. The van der Waals surface area contributed by atoms with E-state index in [1.807, 2.05) is 20.8 Å². The number of hydrogen-bond donors (Lipinski definition) is 2.